The molecule has 0 saturated heterocycles. The Kier molecular flexibility index (Phi) is 4.99. The zero-order valence-electron chi connectivity index (χ0n) is 10.9. The van der Waals surface area contributed by atoms with Gasteiger partial charge in [0.05, 0.1) is 12.9 Å². The Hall–Kier alpha value is -2.75. The van der Waals surface area contributed by atoms with E-state index in [1.54, 1.807) is 12.1 Å². The second-order valence-corrected chi connectivity index (χ2v) is 3.92. The van der Waals surface area contributed by atoms with E-state index in [1.165, 1.54) is 6.26 Å². The summed E-state index contributed by atoms with van der Waals surface area (Å²) in [6, 6.07) is 3.38. The number of nitrogens with zero attached hydrogens (tertiary/aromatic N) is 4. The number of aliphatic carboxylic acids is 1. The average Bonchev–Trinajstić information content (AvgIpc) is 3.08. The normalized spacial score (nSPS) is 10.5. The highest BCUT2D eigenvalue weighted by molar-refractivity contribution is 5.75. The third-order valence-corrected chi connectivity index (χ3v) is 2.27. The molecule has 2 rings (SSSR count). The number of carbonyl (C=O) groups is 2. The smallest absolute Gasteiger partial charge is 0.329 e. The van der Waals surface area contributed by atoms with Gasteiger partial charge in [-0.25, -0.2) is 4.79 Å². The predicted molar refractivity (Wildman–Crippen MR) is 67.0 cm³/mol. The summed E-state index contributed by atoms with van der Waals surface area (Å²) in [4.78, 5) is 22.9. The van der Waals surface area contributed by atoms with Crippen LogP contribution in [0, 0.1) is 0 Å². The summed E-state index contributed by atoms with van der Waals surface area (Å²) in [5, 5.41) is 22.4. The lowest BCUT2D eigenvalue weighted by Gasteiger charge is -2.04. The lowest BCUT2D eigenvalue weighted by Crippen LogP contribution is -2.31. The van der Waals surface area contributed by atoms with Crippen LogP contribution in [0.5, 0.6) is 0 Å². The summed E-state index contributed by atoms with van der Waals surface area (Å²) in [5.41, 5.74) is 0. The van der Waals surface area contributed by atoms with Crippen molar-refractivity contribution in [2.45, 2.75) is 6.54 Å². The topological polar surface area (TPSA) is 132 Å². The number of nitrogens with one attached hydrogen (secondary N) is 1. The number of hydrogen-bond acceptors (Lipinski definition) is 7. The van der Waals surface area contributed by atoms with Crippen LogP contribution in [0.25, 0.3) is 11.6 Å². The van der Waals surface area contributed by atoms with Crippen molar-refractivity contribution in [2.24, 2.45) is 0 Å². The Morgan fingerprint density at radius 1 is 1.48 bits per heavy atom. The molecule has 2 N–H and O–H groups in total. The SMILES string of the molecule is O=C(O)COCCNC(=O)Cn1nnc(-c2ccco2)n1. The molecule has 0 saturated carbocycles. The van der Waals surface area contributed by atoms with Gasteiger partial charge in [0.2, 0.25) is 11.7 Å². The molecule has 0 radical (unpaired) electrons. The first-order valence-corrected chi connectivity index (χ1v) is 6.03. The van der Waals surface area contributed by atoms with Crippen molar-refractivity contribution < 1.29 is 23.8 Å². The summed E-state index contributed by atoms with van der Waals surface area (Å²) < 4.78 is 9.88. The van der Waals surface area contributed by atoms with E-state index in [4.69, 9.17) is 14.3 Å². The molecule has 2 aromatic heterocycles. The molecule has 10 heteroatoms. The van der Waals surface area contributed by atoms with E-state index in [2.05, 4.69) is 20.7 Å². The van der Waals surface area contributed by atoms with Crippen molar-refractivity contribution in [3.63, 3.8) is 0 Å². The van der Waals surface area contributed by atoms with E-state index in [-0.39, 0.29) is 31.4 Å². The van der Waals surface area contributed by atoms with Crippen molar-refractivity contribution in [1.29, 1.82) is 0 Å². The molecule has 21 heavy (non-hydrogen) atoms. The third-order valence-electron chi connectivity index (χ3n) is 2.27. The van der Waals surface area contributed by atoms with Crippen LogP contribution in [-0.4, -0.2) is 56.9 Å². The number of carboxylic acid groups (broad SMARTS) is 1. The molecule has 112 valence electrons. The van der Waals surface area contributed by atoms with E-state index in [0.717, 1.165) is 4.80 Å². The Morgan fingerprint density at radius 2 is 2.33 bits per heavy atom. The zero-order valence-corrected chi connectivity index (χ0v) is 10.9. The van der Waals surface area contributed by atoms with Crippen molar-refractivity contribution in [3.05, 3.63) is 18.4 Å². The highest BCUT2D eigenvalue weighted by atomic mass is 16.5. The fourth-order valence-corrected chi connectivity index (χ4v) is 1.42. The van der Waals surface area contributed by atoms with Crippen molar-refractivity contribution in [2.75, 3.05) is 19.8 Å². The maximum atomic E-state index is 11.6. The van der Waals surface area contributed by atoms with Crippen LogP contribution in [0.2, 0.25) is 0 Å². The first-order valence-electron chi connectivity index (χ1n) is 6.03. The number of carbonyl (C=O) groups excluding carboxylic acids is 1. The number of tetrazole rings is 1. The molecule has 0 unspecified atom stereocenters. The standard InChI is InChI=1S/C11H13N5O5/c17-9(12-3-5-20-7-10(18)19)6-16-14-11(13-15-16)8-2-1-4-21-8/h1-2,4H,3,5-7H2,(H,12,17)(H,18,19). The molecular formula is C11H13N5O5. The summed E-state index contributed by atoms with van der Waals surface area (Å²) in [6.45, 7) is -0.189. The fraction of sp³-hybridized carbons (Fsp3) is 0.364. The monoisotopic (exact) mass is 295 g/mol. The molecule has 0 aromatic carbocycles. The second kappa shape index (κ2) is 7.14. The van der Waals surface area contributed by atoms with Crippen molar-refractivity contribution in [3.8, 4) is 11.6 Å². The molecule has 2 aromatic rings. The summed E-state index contributed by atoms with van der Waals surface area (Å²) in [7, 11) is 0. The molecule has 0 fully saturated rings. The van der Waals surface area contributed by atoms with Crippen LogP contribution in [0.3, 0.4) is 0 Å². The van der Waals surface area contributed by atoms with E-state index in [0.29, 0.717) is 5.76 Å². The van der Waals surface area contributed by atoms with Crippen LogP contribution < -0.4 is 5.32 Å². The molecule has 0 aliphatic heterocycles. The van der Waals surface area contributed by atoms with Gasteiger partial charge in [0.15, 0.2) is 5.76 Å². The van der Waals surface area contributed by atoms with E-state index in [9.17, 15) is 9.59 Å². The number of aromatic nitrogens is 4. The number of ether oxygens (including phenoxy) is 1. The molecule has 0 atom stereocenters. The lowest BCUT2D eigenvalue weighted by molar-refractivity contribution is -0.142. The van der Waals surface area contributed by atoms with Crippen LogP contribution in [0.15, 0.2) is 22.8 Å². The third kappa shape index (κ3) is 4.69. The van der Waals surface area contributed by atoms with Gasteiger partial charge < -0.3 is 19.6 Å². The minimum absolute atomic E-state index is 0.105. The Morgan fingerprint density at radius 3 is 3.05 bits per heavy atom. The molecule has 1 amide bonds. The number of amides is 1. The van der Waals surface area contributed by atoms with E-state index >= 15 is 0 Å². The fourth-order valence-electron chi connectivity index (χ4n) is 1.42. The van der Waals surface area contributed by atoms with Crippen LogP contribution in [-0.2, 0) is 20.9 Å². The zero-order chi connectivity index (χ0) is 15.1. The summed E-state index contributed by atoms with van der Waals surface area (Å²) >= 11 is 0. The maximum absolute atomic E-state index is 11.6. The van der Waals surface area contributed by atoms with Gasteiger partial charge >= 0.3 is 5.97 Å². The quantitative estimate of drug-likeness (QED) is 0.602. The molecule has 0 aliphatic rings. The molecule has 2 heterocycles. The van der Waals surface area contributed by atoms with Gasteiger partial charge in [0.25, 0.3) is 0 Å². The van der Waals surface area contributed by atoms with Crippen LogP contribution in [0.1, 0.15) is 0 Å². The van der Waals surface area contributed by atoms with Crippen LogP contribution >= 0.6 is 0 Å². The van der Waals surface area contributed by atoms with Crippen molar-refractivity contribution >= 4 is 11.9 Å². The Labute approximate surface area is 118 Å². The lowest BCUT2D eigenvalue weighted by atomic mass is 10.4. The molecule has 0 aliphatic carbocycles. The minimum Gasteiger partial charge on any atom is -0.480 e. The predicted octanol–water partition coefficient (Wildman–Crippen LogP) is -0.849. The maximum Gasteiger partial charge on any atom is 0.329 e. The van der Waals surface area contributed by atoms with Gasteiger partial charge in [-0.1, -0.05) is 0 Å². The van der Waals surface area contributed by atoms with E-state index < -0.39 is 12.6 Å². The first-order chi connectivity index (χ1) is 10.1. The van der Waals surface area contributed by atoms with Gasteiger partial charge in [-0.2, -0.15) is 4.80 Å². The van der Waals surface area contributed by atoms with Crippen molar-refractivity contribution in [1.82, 2.24) is 25.5 Å². The van der Waals surface area contributed by atoms with E-state index in [1.807, 2.05) is 0 Å². The molecule has 0 bridgehead atoms. The van der Waals surface area contributed by atoms with Gasteiger partial charge in [0, 0.05) is 6.54 Å². The summed E-state index contributed by atoms with van der Waals surface area (Å²) in [6.07, 6.45) is 1.49. The van der Waals surface area contributed by atoms with Crippen LogP contribution in [0.4, 0.5) is 0 Å². The highest BCUT2D eigenvalue weighted by Gasteiger charge is 2.10. The van der Waals surface area contributed by atoms with Gasteiger partial charge in [-0.3, -0.25) is 4.79 Å². The second-order valence-electron chi connectivity index (χ2n) is 3.92. The molecule has 0 spiro atoms. The van der Waals surface area contributed by atoms with Gasteiger partial charge in [0.1, 0.15) is 13.2 Å². The number of rotatable bonds is 8. The average molecular weight is 295 g/mol. The molecule has 10 nitrogen and oxygen atoms in total. The highest BCUT2D eigenvalue weighted by Crippen LogP contribution is 2.12. The summed E-state index contributed by atoms with van der Waals surface area (Å²) in [5.74, 6) is -0.641. The Bertz CT molecular complexity index is 594. The minimum atomic E-state index is -1.06. The Balaban J connectivity index is 1.72. The molecular weight excluding hydrogens is 282 g/mol. The first kappa shape index (κ1) is 14.7. The van der Waals surface area contributed by atoms with Gasteiger partial charge in [-0.05, 0) is 17.3 Å². The van der Waals surface area contributed by atoms with Gasteiger partial charge in [-0.15, -0.1) is 10.2 Å². The number of carboxylic acids is 1. The number of furan rings is 1. The largest absolute Gasteiger partial charge is 0.480 e. The number of hydrogen-bond donors (Lipinski definition) is 2.